The van der Waals surface area contributed by atoms with Gasteiger partial charge in [0, 0.05) is 24.7 Å². The summed E-state index contributed by atoms with van der Waals surface area (Å²) in [6.07, 6.45) is 2.22. The summed E-state index contributed by atoms with van der Waals surface area (Å²) in [6, 6.07) is 19.2. The van der Waals surface area contributed by atoms with Crippen LogP contribution in [0.5, 0.6) is 0 Å². The predicted octanol–water partition coefficient (Wildman–Crippen LogP) is 4.72. The maximum absolute atomic E-state index is 12.9. The Balaban J connectivity index is 1.98. The highest BCUT2D eigenvalue weighted by atomic mass is 16.1. The quantitative estimate of drug-likeness (QED) is 0.710. The van der Waals surface area contributed by atoms with E-state index in [1.807, 2.05) is 67.7 Å². The van der Waals surface area contributed by atoms with Crippen LogP contribution in [0.2, 0.25) is 0 Å². The number of amides is 1. The summed E-state index contributed by atoms with van der Waals surface area (Å²) >= 11 is 0. The molecule has 0 saturated heterocycles. The number of nitrogens with one attached hydrogen (secondary N) is 1. The topological polar surface area (TPSA) is 45.2 Å². The number of aromatic nitrogens is 1. The van der Waals surface area contributed by atoms with E-state index in [2.05, 4.69) is 17.1 Å². The molecule has 128 valence electrons. The van der Waals surface area contributed by atoms with Gasteiger partial charge in [0.05, 0.1) is 11.1 Å². The number of fused-ring (bicyclic) bond motifs is 1. The van der Waals surface area contributed by atoms with E-state index in [1.165, 1.54) is 0 Å². The van der Waals surface area contributed by atoms with Gasteiger partial charge in [-0.15, -0.1) is 0 Å². The molecule has 25 heavy (non-hydrogen) atoms. The minimum absolute atomic E-state index is 0.116. The summed E-state index contributed by atoms with van der Waals surface area (Å²) in [5.74, 6) is 0.709. The molecule has 3 rings (SSSR count). The fourth-order valence-electron chi connectivity index (χ4n) is 2.77. The van der Waals surface area contributed by atoms with Crippen molar-refractivity contribution in [3.8, 4) is 0 Å². The van der Waals surface area contributed by atoms with E-state index >= 15 is 0 Å². The zero-order valence-electron chi connectivity index (χ0n) is 14.7. The van der Waals surface area contributed by atoms with Crippen molar-refractivity contribution >= 4 is 28.3 Å². The molecule has 1 amide bonds. The third kappa shape index (κ3) is 3.97. The van der Waals surface area contributed by atoms with Crippen LogP contribution in [0.3, 0.4) is 0 Å². The van der Waals surface area contributed by atoms with Crippen molar-refractivity contribution in [2.24, 2.45) is 0 Å². The summed E-state index contributed by atoms with van der Waals surface area (Å²) in [5.41, 5.74) is 2.27. The number of rotatable bonds is 6. The minimum atomic E-state index is -0.116. The van der Waals surface area contributed by atoms with Gasteiger partial charge in [0.15, 0.2) is 0 Å². The summed E-state index contributed by atoms with van der Waals surface area (Å²) in [5, 5.41) is 3.84. The van der Waals surface area contributed by atoms with Crippen LogP contribution >= 0.6 is 0 Å². The maximum atomic E-state index is 12.9. The van der Waals surface area contributed by atoms with Crippen molar-refractivity contribution in [3.05, 3.63) is 66.2 Å². The van der Waals surface area contributed by atoms with Crippen molar-refractivity contribution in [1.29, 1.82) is 0 Å². The molecule has 0 bridgehead atoms. The number of benzene rings is 2. The Morgan fingerprint density at radius 1 is 1.08 bits per heavy atom. The Kier molecular flexibility index (Phi) is 5.29. The Morgan fingerprint density at radius 2 is 1.80 bits per heavy atom. The van der Waals surface area contributed by atoms with Gasteiger partial charge in [0.25, 0.3) is 5.91 Å². The number of anilines is 2. The molecule has 0 unspecified atom stereocenters. The summed E-state index contributed by atoms with van der Waals surface area (Å²) in [4.78, 5) is 19.7. The first-order chi connectivity index (χ1) is 12.2. The van der Waals surface area contributed by atoms with Crippen LogP contribution in [0.25, 0.3) is 10.9 Å². The van der Waals surface area contributed by atoms with E-state index in [-0.39, 0.29) is 5.91 Å². The van der Waals surface area contributed by atoms with E-state index in [4.69, 9.17) is 4.98 Å². The maximum Gasteiger partial charge on any atom is 0.256 e. The second-order valence-corrected chi connectivity index (χ2v) is 6.14. The van der Waals surface area contributed by atoms with Crippen molar-refractivity contribution in [1.82, 2.24) is 4.98 Å². The van der Waals surface area contributed by atoms with Crippen LogP contribution in [-0.2, 0) is 0 Å². The third-order valence-electron chi connectivity index (χ3n) is 4.22. The molecule has 4 nitrogen and oxygen atoms in total. The minimum Gasteiger partial charge on any atom is -0.360 e. The van der Waals surface area contributed by atoms with Crippen LogP contribution in [0.15, 0.2) is 60.7 Å². The number of hydrogen-bond donors (Lipinski definition) is 1. The summed E-state index contributed by atoms with van der Waals surface area (Å²) < 4.78 is 0. The van der Waals surface area contributed by atoms with Crippen LogP contribution in [0, 0.1) is 0 Å². The second-order valence-electron chi connectivity index (χ2n) is 6.14. The van der Waals surface area contributed by atoms with E-state index in [1.54, 1.807) is 0 Å². The Bertz CT molecular complexity index is 861. The Labute approximate surface area is 148 Å². The molecular weight excluding hydrogens is 310 g/mol. The van der Waals surface area contributed by atoms with Gasteiger partial charge in [0.2, 0.25) is 0 Å². The smallest absolute Gasteiger partial charge is 0.256 e. The largest absolute Gasteiger partial charge is 0.360 e. The normalized spacial score (nSPS) is 10.6. The third-order valence-corrected chi connectivity index (χ3v) is 4.22. The SMILES string of the molecule is CCCCN(C)c1cc(C(=O)Nc2ccccc2)c2ccccc2n1. The van der Waals surface area contributed by atoms with Gasteiger partial charge in [-0.2, -0.15) is 0 Å². The molecule has 0 aliphatic carbocycles. The van der Waals surface area contributed by atoms with Crippen molar-refractivity contribution in [3.63, 3.8) is 0 Å². The average Bonchev–Trinajstić information content (AvgIpc) is 2.66. The lowest BCUT2D eigenvalue weighted by atomic mass is 10.1. The fraction of sp³-hybridized carbons (Fsp3) is 0.238. The second kappa shape index (κ2) is 7.79. The first-order valence-corrected chi connectivity index (χ1v) is 8.66. The zero-order valence-corrected chi connectivity index (χ0v) is 14.7. The Morgan fingerprint density at radius 3 is 2.56 bits per heavy atom. The molecule has 0 atom stereocenters. The number of unbranched alkanes of at least 4 members (excludes halogenated alkanes) is 1. The van der Waals surface area contributed by atoms with Crippen LogP contribution < -0.4 is 10.2 Å². The van der Waals surface area contributed by atoms with Gasteiger partial charge in [-0.3, -0.25) is 4.79 Å². The number of pyridine rings is 1. The monoisotopic (exact) mass is 333 g/mol. The molecule has 3 aromatic rings. The molecule has 2 aromatic carbocycles. The zero-order chi connectivity index (χ0) is 17.6. The van der Waals surface area contributed by atoms with E-state index in [0.29, 0.717) is 5.56 Å². The lowest BCUT2D eigenvalue weighted by Gasteiger charge is -2.19. The van der Waals surface area contributed by atoms with Gasteiger partial charge in [-0.1, -0.05) is 49.7 Å². The van der Waals surface area contributed by atoms with Gasteiger partial charge < -0.3 is 10.2 Å². The average molecular weight is 333 g/mol. The first kappa shape index (κ1) is 17.0. The van der Waals surface area contributed by atoms with Crippen LogP contribution in [-0.4, -0.2) is 24.5 Å². The molecule has 0 aliphatic rings. The van der Waals surface area contributed by atoms with E-state index < -0.39 is 0 Å². The van der Waals surface area contributed by atoms with Crippen LogP contribution in [0.1, 0.15) is 30.1 Å². The molecule has 4 heteroatoms. The lowest BCUT2D eigenvalue weighted by molar-refractivity contribution is 0.102. The van der Waals surface area contributed by atoms with Gasteiger partial charge in [0.1, 0.15) is 5.82 Å². The van der Waals surface area contributed by atoms with Gasteiger partial charge >= 0.3 is 0 Å². The molecule has 0 fully saturated rings. The van der Waals surface area contributed by atoms with Crippen molar-refractivity contribution in [2.75, 3.05) is 23.8 Å². The number of para-hydroxylation sites is 2. The number of hydrogen-bond acceptors (Lipinski definition) is 3. The van der Waals surface area contributed by atoms with Crippen molar-refractivity contribution < 1.29 is 4.79 Å². The molecule has 0 spiro atoms. The number of carbonyl (C=O) groups excluding carboxylic acids is 1. The van der Waals surface area contributed by atoms with Crippen molar-refractivity contribution in [2.45, 2.75) is 19.8 Å². The van der Waals surface area contributed by atoms with Crippen LogP contribution in [0.4, 0.5) is 11.5 Å². The molecular formula is C21H23N3O. The lowest BCUT2D eigenvalue weighted by Crippen LogP contribution is -2.21. The summed E-state index contributed by atoms with van der Waals surface area (Å²) in [7, 11) is 2.02. The highest BCUT2D eigenvalue weighted by Gasteiger charge is 2.15. The summed E-state index contributed by atoms with van der Waals surface area (Å²) in [6.45, 7) is 3.09. The van der Waals surface area contributed by atoms with Gasteiger partial charge in [-0.25, -0.2) is 4.98 Å². The highest BCUT2D eigenvalue weighted by Crippen LogP contribution is 2.24. The molecule has 0 saturated carbocycles. The molecule has 0 radical (unpaired) electrons. The predicted molar refractivity (Wildman–Crippen MR) is 104 cm³/mol. The standard InChI is InChI=1S/C21H23N3O/c1-3-4-14-24(2)20-15-18(17-12-8-9-13-19(17)23-20)21(25)22-16-10-6-5-7-11-16/h5-13,15H,3-4,14H2,1-2H3,(H,22,25). The number of nitrogens with zero attached hydrogens (tertiary/aromatic N) is 2. The fourth-order valence-corrected chi connectivity index (χ4v) is 2.77. The van der Waals surface area contributed by atoms with E-state index in [9.17, 15) is 4.79 Å². The Hall–Kier alpha value is -2.88. The highest BCUT2D eigenvalue weighted by molar-refractivity contribution is 6.13. The molecule has 1 aromatic heterocycles. The first-order valence-electron chi connectivity index (χ1n) is 8.66. The molecule has 0 aliphatic heterocycles. The van der Waals surface area contributed by atoms with E-state index in [0.717, 1.165) is 41.8 Å². The number of carbonyl (C=O) groups is 1. The van der Waals surface area contributed by atoms with Gasteiger partial charge in [-0.05, 0) is 30.7 Å². The molecule has 1 heterocycles. The molecule has 1 N–H and O–H groups in total.